The Labute approximate surface area is 78.7 Å². The third kappa shape index (κ3) is 4.82. The van der Waals surface area contributed by atoms with Gasteiger partial charge in [-0.05, 0) is 6.42 Å². The number of alkyl halides is 5. The molecule has 0 fully saturated rings. The predicted octanol–water partition coefficient (Wildman–Crippen LogP) is 2.12. The van der Waals surface area contributed by atoms with E-state index < -0.39 is 42.9 Å². The van der Waals surface area contributed by atoms with Crippen LogP contribution in [-0.4, -0.2) is 27.5 Å². The summed E-state index contributed by atoms with van der Waals surface area (Å²) >= 11 is -2.64. The van der Waals surface area contributed by atoms with E-state index in [1.54, 1.807) is 0 Å². The van der Waals surface area contributed by atoms with Gasteiger partial charge >= 0.3 is 23.5 Å². The van der Waals surface area contributed by atoms with Gasteiger partial charge in [-0.2, -0.15) is 26.2 Å². The molecule has 0 amide bonds. The molecule has 1 unspecified atom stereocenters. The van der Waals surface area contributed by atoms with Crippen LogP contribution < -0.4 is 0 Å². The fourth-order valence-corrected chi connectivity index (χ4v) is 0.827. The Morgan fingerprint density at radius 2 is 1.71 bits per heavy atom. The van der Waals surface area contributed by atoms with Crippen molar-refractivity contribution in [3.8, 4) is 0 Å². The van der Waals surface area contributed by atoms with E-state index in [1.165, 1.54) is 0 Å². The van der Waals surface area contributed by atoms with Crippen LogP contribution in [0.4, 0.5) is 22.0 Å². The molecule has 9 heteroatoms. The Kier molecular flexibility index (Phi) is 4.89. The summed E-state index contributed by atoms with van der Waals surface area (Å²) in [6, 6.07) is 0. The monoisotopic (exact) mass is 242 g/mol. The summed E-state index contributed by atoms with van der Waals surface area (Å²) in [7, 11) is 0. The summed E-state index contributed by atoms with van der Waals surface area (Å²) in [5, 5.41) is 0. The van der Waals surface area contributed by atoms with Crippen molar-refractivity contribution in [3.05, 3.63) is 0 Å². The SMILES string of the molecule is O=S(O)OCCCC(F)(F)C(F)(F)F. The minimum Gasteiger partial charge on any atom is -0.284 e. The Bertz CT molecular complexity index is 204. The van der Waals surface area contributed by atoms with Gasteiger partial charge in [0, 0.05) is 6.42 Å². The Morgan fingerprint density at radius 3 is 2.07 bits per heavy atom. The molecular weight excluding hydrogens is 235 g/mol. The van der Waals surface area contributed by atoms with Crippen LogP contribution in [0.5, 0.6) is 0 Å². The van der Waals surface area contributed by atoms with Crippen molar-refractivity contribution >= 4 is 11.4 Å². The minimum atomic E-state index is -5.59. The standard InChI is InChI=1S/C5H7F5O3S/c6-4(7,5(8,9)10)2-1-3-13-14(11)12/h1-3H2,(H,11,12). The van der Waals surface area contributed by atoms with Gasteiger partial charge in [-0.25, -0.2) is 0 Å². The molecule has 0 aliphatic carbocycles. The predicted molar refractivity (Wildman–Crippen MR) is 37.0 cm³/mol. The highest BCUT2D eigenvalue weighted by atomic mass is 32.2. The van der Waals surface area contributed by atoms with Crippen molar-refractivity contribution in [2.24, 2.45) is 0 Å². The van der Waals surface area contributed by atoms with Crippen LogP contribution in [0.15, 0.2) is 0 Å². The first-order chi connectivity index (χ1) is 6.17. The molecule has 0 rings (SSSR count). The van der Waals surface area contributed by atoms with E-state index in [-0.39, 0.29) is 0 Å². The van der Waals surface area contributed by atoms with Crippen molar-refractivity contribution in [2.75, 3.05) is 6.61 Å². The number of hydrogen-bond donors (Lipinski definition) is 1. The molecule has 0 aliphatic rings. The maximum absolute atomic E-state index is 12.1. The van der Waals surface area contributed by atoms with Crippen molar-refractivity contribution in [1.29, 1.82) is 0 Å². The molecule has 86 valence electrons. The molecule has 0 saturated heterocycles. The van der Waals surface area contributed by atoms with Gasteiger partial charge in [0.05, 0.1) is 6.61 Å². The average Bonchev–Trinajstić information content (AvgIpc) is 1.95. The maximum Gasteiger partial charge on any atom is 0.453 e. The summed E-state index contributed by atoms with van der Waals surface area (Å²) in [6.07, 6.45) is -7.71. The Morgan fingerprint density at radius 1 is 1.21 bits per heavy atom. The quantitative estimate of drug-likeness (QED) is 0.456. The summed E-state index contributed by atoms with van der Waals surface area (Å²) in [5.74, 6) is -4.78. The lowest BCUT2D eigenvalue weighted by Gasteiger charge is -2.18. The highest BCUT2D eigenvalue weighted by Crippen LogP contribution is 2.38. The maximum atomic E-state index is 12.1. The zero-order valence-corrected chi connectivity index (χ0v) is 7.50. The molecule has 0 aromatic carbocycles. The second kappa shape index (κ2) is 4.99. The summed E-state index contributed by atoms with van der Waals surface area (Å²) in [5.41, 5.74) is 0. The highest BCUT2D eigenvalue weighted by molar-refractivity contribution is 7.74. The first kappa shape index (κ1) is 13.7. The summed E-state index contributed by atoms with van der Waals surface area (Å²) in [6.45, 7) is -0.630. The van der Waals surface area contributed by atoms with Crippen LogP contribution in [0.2, 0.25) is 0 Å². The third-order valence-electron chi connectivity index (χ3n) is 1.23. The molecule has 1 N–H and O–H groups in total. The summed E-state index contributed by atoms with van der Waals surface area (Å²) in [4.78, 5) is 0. The van der Waals surface area contributed by atoms with Gasteiger partial charge in [0.2, 0.25) is 0 Å². The summed E-state index contributed by atoms with van der Waals surface area (Å²) < 4.78 is 80.5. The normalized spacial score (nSPS) is 15.6. The van der Waals surface area contributed by atoms with Crippen LogP contribution in [0.3, 0.4) is 0 Å². The van der Waals surface area contributed by atoms with E-state index in [0.29, 0.717) is 0 Å². The van der Waals surface area contributed by atoms with Gasteiger partial charge in [-0.3, -0.25) is 8.74 Å². The van der Waals surface area contributed by atoms with Crippen LogP contribution in [0.1, 0.15) is 12.8 Å². The molecule has 0 aliphatic heterocycles. The van der Waals surface area contributed by atoms with Gasteiger partial charge < -0.3 is 0 Å². The number of halogens is 5. The van der Waals surface area contributed by atoms with Gasteiger partial charge in [0.25, 0.3) is 0 Å². The molecule has 14 heavy (non-hydrogen) atoms. The lowest BCUT2D eigenvalue weighted by molar-refractivity contribution is -0.284. The van der Waals surface area contributed by atoms with E-state index in [0.717, 1.165) is 0 Å². The van der Waals surface area contributed by atoms with Gasteiger partial charge in [-0.15, -0.1) is 0 Å². The van der Waals surface area contributed by atoms with Gasteiger partial charge in [0.1, 0.15) is 0 Å². The van der Waals surface area contributed by atoms with Crippen molar-refractivity contribution < 1.29 is 34.9 Å². The molecule has 0 radical (unpaired) electrons. The lowest BCUT2D eigenvalue weighted by Crippen LogP contribution is -2.36. The Balaban J connectivity index is 3.83. The van der Waals surface area contributed by atoms with Gasteiger partial charge in [-0.1, -0.05) is 0 Å². The molecule has 0 aromatic heterocycles. The average molecular weight is 242 g/mol. The first-order valence-corrected chi connectivity index (χ1v) is 4.38. The fraction of sp³-hybridized carbons (Fsp3) is 1.00. The largest absolute Gasteiger partial charge is 0.453 e. The first-order valence-electron chi connectivity index (χ1n) is 3.35. The van der Waals surface area contributed by atoms with Crippen LogP contribution in [0, 0.1) is 0 Å². The second-order valence-corrected chi connectivity index (χ2v) is 3.01. The molecule has 0 saturated carbocycles. The zero-order valence-electron chi connectivity index (χ0n) is 6.68. The molecule has 0 bridgehead atoms. The topological polar surface area (TPSA) is 46.5 Å². The Hall–Kier alpha value is -0.280. The van der Waals surface area contributed by atoms with Crippen LogP contribution in [-0.2, 0) is 15.5 Å². The minimum absolute atomic E-state index is 0.630. The molecule has 3 nitrogen and oxygen atoms in total. The van der Waals surface area contributed by atoms with Crippen molar-refractivity contribution in [1.82, 2.24) is 0 Å². The van der Waals surface area contributed by atoms with E-state index >= 15 is 0 Å². The molecule has 0 heterocycles. The third-order valence-corrected chi connectivity index (χ3v) is 1.60. The van der Waals surface area contributed by atoms with Crippen LogP contribution in [0.25, 0.3) is 0 Å². The zero-order chi connectivity index (χ0) is 11.4. The molecular formula is C5H7F5O3S. The smallest absolute Gasteiger partial charge is 0.284 e. The molecule has 1 atom stereocenters. The molecule has 0 aromatic rings. The number of hydrogen-bond acceptors (Lipinski definition) is 2. The van der Waals surface area contributed by atoms with Crippen LogP contribution >= 0.6 is 0 Å². The highest BCUT2D eigenvalue weighted by Gasteiger charge is 2.56. The molecule has 0 spiro atoms. The van der Waals surface area contributed by atoms with Crippen molar-refractivity contribution in [3.63, 3.8) is 0 Å². The lowest BCUT2D eigenvalue weighted by atomic mass is 10.2. The second-order valence-electron chi connectivity index (χ2n) is 2.34. The van der Waals surface area contributed by atoms with E-state index in [1.807, 2.05) is 0 Å². The van der Waals surface area contributed by atoms with Crippen molar-refractivity contribution in [2.45, 2.75) is 24.9 Å². The van der Waals surface area contributed by atoms with Gasteiger partial charge in [0.15, 0.2) is 0 Å². The fourth-order valence-electron chi connectivity index (χ4n) is 0.566. The van der Waals surface area contributed by atoms with E-state index in [4.69, 9.17) is 4.55 Å². The number of rotatable bonds is 5. The van der Waals surface area contributed by atoms with E-state index in [9.17, 15) is 26.2 Å². The van der Waals surface area contributed by atoms with E-state index in [2.05, 4.69) is 4.18 Å².